The lowest BCUT2D eigenvalue weighted by atomic mass is 9.91. The van der Waals surface area contributed by atoms with Gasteiger partial charge in [0.25, 0.3) is 0 Å². The van der Waals surface area contributed by atoms with Gasteiger partial charge < -0.3 is 5.73 Å². The number of anilines is 1. The standard InChI is InChI=1S/C12H18N2OS/c13-11-7-4-8-14-12(11)16(15)9-10-5-2-1-3-6-10/h4,7-8,10H,1-3,5-6,9,13H2. The molecule has 2 N–H and O–H groups in total. The summed E-state index contributed by atoms with van der Waals surface area (Å²) in [5.41, 5.74) is 6.32. The molecule has 1 aliphatic rings. The van der Waals surface area contributed by atoms with Gasteiger partial charge in [-0.1, -0.05) is 19.3 Å². The lowest BCUT2D eigenvalue weighted by Crippen LogP contribution is -2.16. The van der Waals surface area contributed by atoms with Crippen molar-refractivity contribution < 1.29 is 4.21 Å². The number of aromatic nitrogens is 1. The molecule has 0 aromatic carbocycles. The molecule has 3 nitrogen and oxygen atoms in total. The lowest BCUT2D eigenvalue weighted by Gasteiger charge is -2.20. The predicted molar refractivity (Wildman–Crippen MR) is 66.5 cm³/mol. The van der Waals surface area contributed by atoms with E-state index in [-0.39, 0.29) is 0 Å². The zero-order chi connectivity index (χ0) is 11.4. The van der Waals surface area contributed by atoms with Crippen LogP contribution in [0.3, 0.4) is 0 Å². The number of nitrogens with zero attached hydrogens (tertiary/aromatic N) is 1. The summed E-state index contributed by atoms with van der Waals surface area (Å²) in [6.07, 6.45) is 7.95. The number of nitrogen functional groups attached to an aromatic ring is 1. The summed E-state index contributed by atoms with van der Waals surface area (Å²) in [4.78, 5) is 4.12. The van der Waals surface area contributed by atoms with Crippen LogP contribution in [0.25, 0.3) is 0 Å². The Labute approximate surface area is 98.9 Å². The van der Waals surface area contributed by atoms with Crippen molar-refractivity contribution in [3.8, 4) is 0 Å². The van der Waals surface area contributed by atoms with Crippen LogP contribution in [0.1, 0.15) is 32.1 Å². The molecule has 1 heterocycles. The third kappa shape index (κ3) is 2.82. The van der Waals surface area contributed by atoms with Gasteiger partial charge in [-0.3, -0.25) is 4.21 Å². The summed E-state index contributed by atoms with van der Waals surface area (Å²) in [5.74, 6) is 1.32. The Kier molecular flexibility index (Phi) is 3.93. The molecule has 1 aliphatic carbocycles. The SMILES string of the molecule is Nc1cccnc1S(=O)CC1CCCCC1. The molecule has 0 spiro atoms. The monoisotopic (exact) mass is 238 g/mol. The molecule has 4 heteroatoms. The van der Waals surface area contributed by atoms with E-state index in [1.807, 2.05) is 0 Å². The van der Waals surface area contributed by atoms with Gasteiger partial charge in [0.05, 0.1) is 16.5 Å². The molecule has 1 fully saturated rings. The first kappa shape index (κ1) is 11.6. The molecule has 0 saturated heterocycles. The van der Waals surface area contributed by atoms with Crippen LogP contribution in [0, 0.1) is 5.92 Å². The van der Waals surface area contributed by atoms with E-state index < -0.39 is 10.8 Å². The van der Waals surface area contributed by atoms with Crippen molar-refractivity contribution in [3.05, 3.63) is 18.3 Å². The summed E-state index contributed by atoms with van der Waals surface area (Å²) < 4.78 is 12.1. The average Bonchev–Trinajstić information content (AvgIpc) is 2.31. The van der Waals surface area contributed by atoms with Crippen LogP contribution in [-0.4, -0.2) is 14.9 Å². The third-order valence-corrected chi connectivity index (χ3v) is 4.67. The molecule has 0 aliphatic heterocycles. The topological polar surface area (TPSA) is 56.0 Å². The van der Waals surface area contributed by atoms with Gasteiger partial charge in [0.2, 0.25) is 0 Å². The zero-order valence-electron chi connectivity index (χ0n) is 9.39. The van der Waals surface area contributed by atoms with Crippen LogP contribution >= 0.6 is 0 Å². The van der Waals surface area contributed by atoms with Crippen molar-refractivity contribution in [2.24, 2.45) is 5.92 Å². The van der Waals surface area contributed by atoms with Gasteiger partial charge in [0, 0.05) is 11.9 Å². The Morgan fingerprint density at radius 3 is 2.81 bits per heavy atom. The second-order valence-corrected chi connectivity index (χ2v) is 5.83. The Bertz CT molecular complexity index is 375. The Morgan fingerprint density at radius 2 is 2.12 bits per heavy atom. The quantitative estimate of drug-likeness (QED) is 0.879. The smallest absolute Gasteiger partial charge is 0.150 e. The van der Waals surface area contributed by atoms with Gasteiger partial charge in [-0.25, -0.2) is 4.98 Å². The van der Waals surface area contributed by atoms with E-state index in [9.17, 15) is 4.21 Å². The molecular formula is C12H18N2OS. The van der Waals surface area contributed by atoms with E-state index in [0.29, 0.717) is 16.6 Å². The fourth-order valence-corrected chi connectivity index (χ4v) is 3.67. The van der Waals surface area contributed by atoms with E-state index in [2.05, 4.69) is 4.98 Å². The maximum Gasteiger partial charge on any atom is 0.150 e. The molecule has 2 rings (SSSR count). The normalized spacial score (nSPS) is 19.5. The van der Waals surface area contributed by atoms with E-state index in [0.717, 1.165) is 5.75 Å². The Morgan fingerprint density at radius 1 is 1.38 bits per heavy atom. The fraction of sp³-hybridized carbons (Fsp3) is 0.583. The van der Waals surface area contributed by atoms with Crippen LogP contribution in [0.15, 0.2) is 23.4 Å². The number of hydrogen-bond donors (Lipinski definition) is 1. The van der Waals surface area contributed by atoms with Crippen molar-refractivity contribution in [2.45, 2.75) is 37.1 Å². The van der Waals surface area contributed by atoms with Gasteiger partial charge in [-0.05, 0) is 30.9 Å². The maximum absolute atomic E-state index is 12.1. The highest BCUT2D eigenvalue weighted by molar-refractivity contribution is 7.85. The first-order valence-corrected chi connectivity index (χ1v) is 7.18. The molecule has 1 aromatic rings. The van der Waals surface area contributed by atoms with Gasteiger partial charge in [-0.15, -0.1) is 0 Å². The summed E-state index contributed by atoms with van der Waals surface area (Å²) in [6.45, 7) is 0. The number of hydrogen-bond acceptors (Lipinski definition) is 3. The van der Waals surface area contributed by atoms with E-state index in [1.165, 1.54) is 32.1 Å². The Balaban J connectivity index is 2.00. The van der Waals surface area contributed by atoms with Gasteiger partial charge in [0.1, 0.15) is 5.03 Å². The summed E-state index contributed by atoms with van der Waals surface area (Å²) >= 11 is 0. The third-order valence-electron chi connectivity index (χ3n) is 3.13. The molecule has 0 amide bonds. The minimum Gasteiger partial charge on any atom is -0.396 e. The van der Waals surface area contributed by atoms with Crippen LogP contribution in [0.4, 0.5) is 5.69 Å². The van der Waals surface area contributed by atoms with Crippen LogP contribution < -0.4 is 5.73 Å². The van der Waals surface area contributed by atoms with Gasteiger partial charge in [0.15, 0.2) is 0 Å². The average molecular weight is 238 g/mol. The summed E-state index contributed by atoms with van der Waals surface area (Å²) in [6, 6.07) is 3.54. The molecular weight excluding hydrogens is 220 g/mol. The van der Waals surface area contributed by atoms with Crippen molar-refractivity contribution in [3.63, 3.8) is 0 Å². The van der Waals surface area contributed by atoms with E-state index in [1.54, 1.807) is 18.3 Å². The van der Waals surface area contributed by atoms with Crippen molar-refractivity contribution in [2.75, 3.05) is 11.5 Å². The molecule has 16 heavy (non-hydrogen) atoms. The van der Waals surface area contributed by atoms with Crippen molar-refractivity contribution >= 4 is 16.5 Å². The summed E-state index contributed by atoms with van der Waals surface area (Å²) in [7, 11) is -1.03. The molecule has 1 saturated carbocycles. The number of pyridine rings is 1. The van der Waals surface area contributed by atoms with Crippen LogP contribution in [0.5, 0.6) is 0 Å². The number of rotatable bonds is 3. The lowest BCUT2D eigenvalue weighted by molar-refractivity contribution is 0.388. The first-order valence-electron chi connectivity index (χ1n) is 5.86. The van der Waals surface area contributed by atoms with Crippen molar-refractivity contribution in [1.82, 2.24) is 4.98 Å². The molecule has 1 unspecified atom stereocenters. The molecule has 0 bridgehead atoms. The largest absolute Gasteiger partial charge is 0.396 e. The molecule has 1 atom stereocenters. The highest BCUT2D eigenvalue weighted by Crippen LogP contribution is 2.26. The maximum atomic E-state index is 12.1. The molecule has 1 aromatic heterocycles. The van der Waals surface area contributed by atoms with E-state index in [4.69, 9.17) is 5.73 Å². The minimum atomic E-state index is -1.03. The van der Waals surface area contributed by atoms with Crippen LogP contribution in [0.2, 0.25) is 0 Å². The zero-order valence-corrected chi connectivity index (χ0v) is 10.2. The molecule has 88 valence electrons. The van der Waals surface area contributed by atoms with Gasteiger partial charge in [-0.2, -0.15) is 0 Å². The fourth-order valence-electron chi connectivity index (χ4n) is 2.24. The second kappa shape index (κ2) is 5.43. The van der Waals surface area contributed by atoms with Crippen LogP contribution in [-0.2, 0) is 10.8 Å². The first-order chi connectivity index (χ1) is 7.77. The highest BCUT2D eigenvalue weighted by Gasteiger charge is 2.18. The minimum absolute atomic E-state index is 0.552. The Hall–Kier alpha value is -0.900. The predicted octanol–water partition coefficient (Wildman–Crippen LogP) is 2.35. The summed E-state index contributed by atoms with van der Waals surface area (Å²) in [5, 5.41) is 0.563. The van der Waals surface area contributed by atoms with E-state index >= 15 is 0 Å². The highest BCUT2D eigenvalue weighted by atomic mass is 32.2. The molecule has 0 radical (unpaired) electrons. The van der Waals surface area contributed by atoms with Gasteiger partial charge >= 0.3 is 0 Å². The van der Waals surface area contributed by atoms with Crippen molar-refractivity contribution in [1.29, 1.82) is 0 Å². The second-order valence-electron chi connectivity index (χ2n) is 4.41. The number of nitrogens with two attached hydrogens (primary N) is 1.